The molecule has 0 bridgehead atoms. The number of fused-ring (bicyclic) bond motifs is 4. The molecule has 108 valence electrons. The van der Waals surface area contributed by atoms with Gasteiger partial charge in [-0.1, -0.05) is 42.5 Å². The van der Waals surface area contributed by atoms with Gasteiger partial charge in [-0.25, -0.2) is 0 Å². The van der Waals surface area contributed by atoms with Gasteiger partial charge in [0.25, 0.3) is 0 Å². The van der Waals surface area contributed by atoms with Crippen molar-refractivity contribution < 1.29 is 19.5 Å². The van der Waals surface area contributed by atoms with Gasteiger partial charge in [0.15, 0.2) is 5.78 Å². The maximum atomic E-state index is 12.8. The first-order chi connectivity index (χ1) is 10.6. The normalized spacial score (nSPS) is 26.4. The van der Waals surface area contributed by atoms with Crippen molar-refractivity contribution in [3.8, 4) is 0 Å². The third-order valence-electron chi connectivity index (χ3n) is 4.61. The zero-order valence-electron chi connectivity index (χ0n) is 11.6. The maximum Gasteiger partial charge on any atom is 0.233 e. The van der Waals surface area contributed by atoms with Crippen molar-refractivity contribution in [3.05, 3.63) is 64.8 Å². The van der Waals surface area contributed by atoms with E-state index >= 15 is 0 Å². The molecule has 22 heavy (non-hydrogen) atoms. The van der Waals surface area contributed by atoms with Gasteiger partial charge in [0.2, 0.25) is 11.6 Å². The summed E-state index contributed by atoms with van der Waals surface area (Å²) in [6.45, 7) is 0. The molecule has 0 aliphatic heterocycles. The van der Waals surface area contributed by atoms with E-state index in [2.05, 4.69) is 0 Å². The minimum Gasteiger partial charge on any atom is -0.507 e. The number of rotatable bonds is 0. The number of allylic oxidation sites excluding steroid dienone is 5. The average molecular weight is 292 g/mol. The first-order valence-corrected chi connectivity index (χ1v) is 7.13. The SMILES string of the molecule is O=C1C(=O)C2=C(O)c3ccccc3C(=O)C2C2CC=CC=C12. The second kappa shape index (κ2) is 4.37. The minimum atomic E-state index is -0.767. The molecule has 4 rings (SSSR count). The summed E-state index contributed by atoms with van der Waals surface area (Å²) in [5.74, 6) is -2.94. The fourth-order valence-electron chi connectivity index (χ4n) is 3.59. The van der Waals surface area contributed by atoms with Crippen LogP contribution in [0.25, 0.3) is 5.76 Å². The Morgan fingerprint density at radius 1 is 1.00 bits per heavy atom. The number of carbonyl (C=O) groups excluding carboxylic acids is 3. The number of Topliss-reactive ketones (excluding diaryl/α,β-unsaturated/α-hetero) is 3. The summed E-state index contributed by atoms with van der Waals surface area (Å²) in [6, 6.07) is 6.65. The van der Waals surface area contributed by atoms with E-state index in [1.807, 2.05) is 6.08 Å². The highest BCUT2D eigenvalue weighted by Gasteiger charge is 2.50. The number of hydrogen-bond donors (Lipinski definition) is 1. The second-order valence-electron chi connectivity index (χ2n) is 5.70. The van der Waals surface area contributed by atoms with Crippen LogP contribution in [-0.4, -0.2) is 22.5 Å². The lowest BCUT2D eigenvalue weighted by Crippen LogP contribution is -2.43. The Morgan fingerprint density at radius 2 is 1.73 bits per heavy atom. The fraction of sp³-hybridized carbons (Fsp3) is 0.167. The minimum absolute atomic E-state index is 0.0360. The van der Waals surface area contributed by atoms with Gasteiger partial charge in [-0.3, -0.25) is 14.4 Å². The van der Waals surface area contributed by atoms with E-state index in [9.17, 15) is 19.5 Å². The number of aliphatic hydroxyl groups is 1. The highest BCUT2D eigenvalue weighted by molar-refractivity contribution is 6.52. The third kappa shape index (κ3) is 1.49. The summed E-state index contributed by atoms with van der Waals surface area (Å²) in [5.41, 5.74) is 1.08. The standard InChI is InChI=1S/C18H12O4/c19-15-11-7-3-4-8-12(11)16(20)14-13(15)9-5-1-2-6-10(9)17(21)18(14)22/h1-4,6-9,13,20H,5H2. The lowest BCUT2D eigenvalue weighted by molar-refractivity contribution is -0.133. The summed E-state index contributed by atoms with van der Waals surface area (Å²) in [4.78, 5) is 37.5. The van der Waals surface area contributed by atoms with Crippen LogP contribution in [0.5, 0.6) is 0 Å². The molecular weight excluding hydrogens is 280 g/mol. The molecule has 0 aromatic heterocycles. The van der Waals surface area contributed by atoms with Crippen LogP contribution in [0, 0.1) is 11.8 Å². The summed E-state index contributed by atoms with van der Waals surface area (Å²) < 4.78 is 0. The Balaban J connectivity index is 2.00. The number of aliphatic hydroxyl groups excluding tert-OH is 1. The van der Waals surface area contributed by atoms with Gasteiger partial charge in [0.05, 0.1) is 11.5 Å². The molecule has 2 unspecified atom stereocenters. The van der Waals surface area contributed by atoms with E-state index < -0.39 is 17.5 Å². The summed E-state index contributed by atoms with van der Waals surface area (Å²) in [6.07, 6.45) is 5.72. The molecule has 0 amide bonds. The Kier molecular flexibility index (Phi) is 2.57. The van der Waals surface area contributed by atoms with Gasteiger partial charge in [0.1, 0.15) is 5.76 Å². The molecule has 4 nitrogen and oxygen atoms in total. The monoisotopic (exact) mass is 292 g/mol. The van der Waals surface area contributed by atoms with E-state index in [-0.39, 0.29) is 23.0 Å². The molecule has 1 aromatic carbocycles. The van der Waals surface area contributed by atoms with Crippen molar-refractivity contribution in [2.24, 2.45) is 11.8 Å². The number of ketones is 3. The lowest BCUT2D eigenvalue weighted by Gasteiger charge is -2.36. The van der Waals surface area contributed by atoms with Crippen LogP contribution in [0.15, 0.2) is 53.6 Å². The summed E-state index contributed by atoms with van der Waals surface area (Å²) >= 11 is 0. The highest BCUT2D eigenvalue weighted by Crippen LogP contribution is 2.45. The van der Waals surface area contributed by atoms with Gasteiger partial charge >= 0.3 is 0 Å². The fourth-order valence-corrected chi connectivity index (χ4v) is 3.59. The molecule has 4 heteroatoms. The van der Waals surface area contributed by atoms with Crippen molar-refractivity contribution in [1.82, 2.24) is 0 Å². The average Bonchev–Trinajstić information content (AvgIpc) is 2.56. The Hall–Kier alpha value is -2.75. The van der Waals surface area contributed by atoms with Crippen LogP contribution < -0.4 is 0 Å². The van der Waals surface area contributed by atoms with Crippen LogP contribution >= 0.6 is 0 Å². The van der Waals surface area contributed by atoms with Gasteiger partial charge in [-0.05, 0) is 6.42 Å². The van der Waals surface area contributed by atoms with Crippen molar-refractivity contribution in [1.29, 1.82) is 0 Å². The molecule has 1 saturated carbocycles. The molecule has 0 saturated heterocycles. The molecule has 0 spiro atoms. The predicted molar refractivity (Wildman–Crippen MR) is 79.2 cm³/mol. The predicted octanol–water partition coefficient (Wildman–Crippen LogP) is 2.42. The second-order valence-corrected chi connectivity index (χ2v) is 5.70. The lowest BCUT2D eigenvalue weighted by atomic mass is 9.63. The maximum absolute atomic E-state index is 12.8. The van der Waals surface area contributed by atoms with E-state index in [0.29, 0.717) is 23.1 Å². The van der Waals surface area contributed by atoms with Gasteiger partial charge in [0, 0.05) is 22.6 Å². The zero-order valence-corrected chi connectivity index (χ0v) is 11.6. The molecule has 0 radical (unpaired) electrons. The van der Waals surface area contributed by atoms with Gasteiger partial charge < -0.3 is 5.11 Å². The third-order valence-corrected chi connectivity index (χ3v) is 4.61. The van der Waals surface area contributed by atoms with Crippen LogP contribution in [0.4, 0.5) is 0 Å². The molecule has 1 N–H and O–H groups in total. The zero-order chi connectivity index (χ0) is 15.4. The van der Waals surface area contributed by atoms with E-state index in [4.69, 9.17) is 0 Å². The van der Waals surface area contributed by atoms with E-state index in [0.717, 1.165) is 0 Å². The molecular formula is C18H12O4. The van der Waals surface area contributed by atoms with Gasteiger partial charge in [-0.15, -0.1) is 0 Å². The first kappa shape index (κ1) is 13.0. The Morgan fingerprint density at radius 3 is 2.50 bits per heavy atom. The van der Waals surface area contributed by atoms with Crippen LogP contribution in [0.1, 0.15) is 22.3 Å². The molecule has 0 heterocycles. The van der Waals surface area contributed by atoms with Crippen LogP contribution in [-0.2, 0) is 9.59 Å². The Labute approximate surface area is 126 Å². The number of carbonyl (C=O) groups is 3. The van der Waals surface area contributed by atoms with Crippen molar-refractivity contribution >= 4 is 23.1 Å². The number of benzene rings is 1. The molecule has 2 atom stereocenters. The molecule has 3 aliphatic carbocycles. The van der Waals surface area contributed by atoms with E-state index in [1.54, 1.807) is 36.4 Å². The van der Waals surface area contributed by atoms with Crippen molar-refractivity contribution in [3.63, 3.8) is 0 Å². The highest BCUT2D eigenvalue weighted by atomic mass is 16.3. The first-order valence-electron chi connectivity index (χ1n) is 7.13. The quantitative estimate of drug-likeness (QED) is 0.745. The molecule has 1 aromatic rings. The van der Waals surface area contributed by atoms with Crippen molar-refractivity contribution in [2.75, 3.05) is 0 Å². The molecule has 3 aliphatic rings. The smallest absolute Gasteiger partial charge is 0.233 e. The van der Waals surface area contributed by atoms with Gasteiger partial charge in [-0.2, -0.15) is 0 Å². The van der Waals surface area contributed by atoms with Crippen LogP contribution in [0.3, 0.4) is 0 Å². The largest absolute Gasteiger partial charge is 0.507 e. The van der Waals surface area contributed by atoms with Crippen LogP contribution in [0.2, 0.25) is 0 Å². The number of hydrogen-bond acceptors (Lipinski definition) is 4. The molecule has 1 fully saturated rings. The topological polar surface area (TPSA) is 71.4 Å². The van der Waals surface area contributed by atoms with Crippen molar-refractivity contribution in [2.45, 2.75) is 6.42 Å². The Bertz CT molecular complexity index is 838. The summed E-state index contributed by atoms with van der Waals surface area (Å²) in [7, 11) is 0. The summed E-state index contributed by atoms with van der Waals surface area (Å²) in [5, 5.41) is 10.5. The van der Waals surface area contributed by atoms with E-state index in [1.165, 1.54) is 0 Å².